The van der Waals surface area contributed by atoms with Crippen LogP contribution in [-0.4, -0.2) is 17.5 Å². The predicted molar refractivity (Wildman–Crippen MR) is 96.9 cm³/mol. The van der Waals surface area contributed by atoms with Gasteiger partial charge in [-0.1, -0.05) is 19.4 Å². The van der Waals surface area contributed by atoms with Gasteiger partial charge in [-0.2, -0.15) is 5.10 Å². The van der Waals surface area contributed by atoms with Crippen LogP contribution in [-0.2, 0) is 4.79 Å². The molecule has 0 spiro atoms. The van der Waals surface area contributed by atoms with Gasteiger partial charge in [-0.3, -0.25) is 4.79 Å². The van der Waals surface area contributed by atoms with Gasteiger partial charge in [0.25, 0.3) is 0 Å². The van der Waals surface area contributed by atoms with Gasteiger partial charge >= 0.3 is 6.03 Å². The second kappa shape index (κ2) is 5.68. The lowest BCUT2D eigenvalue weighted by Crippen LogP contribution is -2.50. The van der Waals surface area contributed by atoms with Gasteiger partial charge in [0.1, 0.15) is 0 Å². The minimum absolute atomic E-state index is 0.0890. The Morgan fingerprint density at radius 3 is 2.64 bits per heavy atom. The molecule has 3 N–H and O–H groups in total. The molecule has 0 unspecified atom stereocenters. The smallest absolute Gasteiger partial charge is 0.332 e. The molecule has 4 rings (SSSR count). The van der Waals surface area contributed by atoms with Gasteiger partial charge in [0.05, 0.1) is 0 Å². The largest absolute Gasteiger partial charge is 0.350 e. The first-order valence-corrected chi connectivity index (χ1v) is 9.71. The number of amides is 2. The molecule has 3 fully saturated rings. The lowest BCUT2D eigenvalue weighted by molar-refractivity contribution is -0.117. The van der Waals surface area contributed by atoms with E-state index in [0.717, 1.165) is 37.8 Å². The molecule has 4 aliphatic rings. The van der Waals surface area contributed by atoms with E-state index in [1.54, 1.807) is 0 Å². The molecule has 0 aliphatic heterocycles. The molecule has 5 nitrogen and oxygen atoms in total. The summed E-state index contributed by atoms with van der Waals surface area (Å²) >= 11 is 0. The summed E-state index contributed by atoms with van der Waals surface area (Å²) < 4.78 is 0. The molecule has 0 aromatic carbocycles. The summed E-state index contributed by atoms with van der Waals surface area (Å²) in [5, 5.41) is 4.36. The van der Waals surface area contributed by atoms with E-state index in [1.165, 1.54) is 18.4 Å². The highest BCUT2D eigenvalue weighted by Crippen LogP contribution is 2.64. The Labute approximate surface area is 149 Å². The van der Waals surface area contributed by atoms with Crippen LogP contribution in [0.1, 0.15) is 65.2 Å². The van der Waals surface area contributed by atoms with Crippen molar-refractivity contribution in [3.8, 4) is 0 Å². The van der Waals surface area contributed by atoms with Crippen molar-refractivity contribution in [1.29, 1.82) is 0 Å². The molecular formula is C20H29N3O2. The topological polar surface area (TPSA) is 84.6 Å². The van der Waals surface area contributed by atoms with Crippen molar-refractivity contribution in [2.45, 2.75) is 65.2 Å². The van der Waals surface area contributed by atoms with E-state index >= 15 is 0 Å². The molecule has 0 radical (unpaired) electrons. The van der Waals surface area contributed by atoms with Gasteiger partial charge in [-0.05, 0) is 74.2 Å². The van der Waals surface area contributed by atoms with Crippen molar-refractivity contribution >= 4 is 17.5 Å². The lowest BCUT2D eigenvalue weighted by atomic mass is 9.47. The van der Waals surface area contributed by atoms with Crippen molar-refractivity contribution in [3.05, 3.63) is 11.6 Å². The summed E-state index contributed by atoms with van der Waals surface area (Å²) in [7, 11) is 0. The van der Waals surface area contributed by atoms with Gasteiger partial charge in [0, 0.05) is 17.5 Å². The van der Waals surface area contributed by atoms with Crippen molar-refractivity contribution in [2.75, 3.05) is 0 Å². The monoisotopic (exact) mass is 343 g/mol. The number of hydrogen-bond acceptors (Lipinski definition) is 3. The Kier molecular flexibility index (Phi) is 3.82. The molecule has 0 bridgehead atoms. The van der Waals surface area contributed by atoms with E-state index in [9.17, 15) is 9.59 Å². The van der Waals surface area contributed by atoms with Crippen LogP contribution in [0.2, 0.25) is 0 Å². The van der Waals surface area contributed by atoms with Crippen molar-refractivity contribution in [1.82, 2.24) is 5.43 Å². The van der Waals surface area contributed by atoms with Gasteiger partial charge in [-0.15, -0.1) is 0 Å². The minimum atomic E-state index is -0.583. The van der Waals surface area contributed by atoms with Gasteiger partial charge in [0.2, 0.25) is 0 Å². The molecule has 5 atom stereocenters. The van der Waals surface area contributed by atoms with E-state index in [-0.39, 0.29) is 10.8 Å². The quantitative estimate of drug-likeness (QED) is 0.714. The van der Waals surface area contributed by atoms with Crippen molar-refractivity contribution < 1.29 is 9.59 Å². The van der Waals surface area contributed by atoms with Crippen LogP contribution < -0.4 is 11.2 Å². The first-order chi connectivity index (χ1) is 11.8. The van der Waals surface area contributed by atoms with Crippen LogP contribution in [0.4, 0.5) is 4.79 Å². The summed E-state index contributed by atoms with van der Waals surface area (Å²) in [5.41, 5.74) is 10.5. The molecule has 2 amide bonds. The van der Waals surface area contributed by atoms with Crippen LogP contribution >= 0.6 is 0 Å². The third-order valence-corrected chi connectivity index (χ3v) is 8.00. The standard InChI is InChI=1S/C20H29N3O2/c1-19-9-7-13(24)11-12(19)3-4-14-15-5-6-17(22-23-18(21)25)20(15,2)10-8-16(14)19/h11,14-16H,3-10H2,1-2H3,(H3,21,23,25)/b22-17-/t14-,15-,16-,19+,20+/m1/s1. The Hall–Kier alpha value is -1.65. The highest BCUT2D eigenvalue weighted by atomic mass is 16.2. The molecular weight excluding hydrogens is 314 g/mol. The Morgan fingerprint density at radius 1 is 1.12 bits per heavy atom. The van der Waals surface area contributed by atoms with Crippen LogP contribution in [0.25, 0.3) is 0 Å². The molecule has 0 saturated heterocycles. The van der Waals surface area contributed by atoms with Crippen LogP contribution in [0.3, 0.4) is 0 Å². The minimum Gasteiger partial charge on any atom is -0.350 e. The number of allylic oxidation sites excluding steroid dienone is 1. The highest BCUT2D eigenvalue weighted by molar-refractivity contribution is 5.93. The number of fused-ring (bicyclic) bond motifs is 5. The summed E-state index contributed by atoms with van der Waals surface area (Å²) in [6.45, 7) is 4.74. The number of rotatable bonds is 1. The maximum absolute atomic E-state index is 11.9. The molecule has 0 aromatic heterocycles. The Balaban J connectivity index is 1.62. The number of ketones is 1. The maximum Gasteiger partial charge on any atom is 0.332 e. The molecule has 5 heteroatoms. The normalized spacial score (nSPS) is 44.6. The van der Waals surface area contributed by atoms with E-state index in [0.29, 0.717) is 30.0 Å². The number of carbonyl (C=O) groups excluding carboxylic acids is 2. The first kappa shape index (κ1) is 16.8. The first-order valence-electron chi connectivity index (χ1n) is 9.71. The number of nitrogens with one attached hydrogen (secondary N) is 1. The fraction of sp³-hybridized carbons (Fsp3) is 0.750. The zero-order chi connectivity index (χ0) is 17.8. The average molecular weight is 343 g/mol. The SMILES string of the molecule is C[C@]12CCC(=O)C=C1CC[C@H]1[C@H]2CC[C@]2(C)/C(=N\NC(N)=O)CC[C@H]12. The summed E-state index contributed by atoms with van der Waals surface area (Å²) in [5.74, 6) is 2.34. The van der Waals surface area contributed by atoms with E-state index < -0.39 is 6.03 Å². The molecule has 3 saturated carbocycles. The molecule has 25 heavy (non-hydrogen) atoms. The maximum atomic E-state index is 11.9. The number of primary amides is 1. The number of nitrogens with two attached hydrogens (primary N) is 1. The van der Waals surface area contributed by atoms with Crippen molar-refractivity contribution in [2.24, 2.45) is 39.4 Å². The second-order valence-corrected chi connectivity index (χ2v) is 9.00. The number of urea groups is 1. The number of carbonyl (C=O) groups is 2. The van der Waals surface area contributed by atoms with Crippen LogP contribution in [0, 0.1) is 28.6 Å². The average Bonchev–Trinajstić information content (AvgIpc) is 2.90. The fourth-order valence-electron chi connectivity index (χ4n) is 6.65. The predicted octanol–water partition coefficient (Wildman–Crippen LogP) is 3.54. The van der Waals surface area contributed by atoms with Gasteiger partial charge in [0.15, 0.2) is 5.78 Å². The molecule has 0 aromatic rings. The van der Waals surface area contributed by atoms with Crippen LogP contribution in [0.5, 0.6) is 0 Å². The number of nitrogens with zero attached hydrogens (tertiary/aromatic N) is 1. The Bertz CT molecular complexity index is 682. The molecule has 0 heterocycles. The highest BCUT2D eigenvalue weighted by Gasteiger charge is 2.58. The lowest BCUT2D eigenvalue weighted by Gasteiger charge is -2.57. The third-order valence-electron chi connectivity index (χ3n) is 8.00. The second-order valence-electron chi connectivity index (χ2n) is 9.00. The Morgan fingerprint density at radius 2 is 1.88 bits per heavy atom. The number of hydrogen-bond donors (Lipinski definition) is 2. The summed E-state index contributed by atoms with van der Waals surface area (Å²) in [6.07, 6.45) is 10.4. The van der Waals surface area contributed by atoms with E-state index in [4.69, 9.17) is 5.73 Å². The zero-order valence-electron chi connectivity index (χ0n) is 15.3. The zero-order valence-corrected chi connectivity index (χ0v) is 15.3. The van der Waals surface area contributed by atoms with Gasteiger partial charge < -0.3 is 5.73 Å². The van der Waals surface area contributed by atoms with Gasteiger partial charge in [-0.25, -0.2) is 10.2 Å². The fourth-order valence-corrected chi connectivity index (χ4v) is 6.65. The van der Waals surface area contributed by atoms with Crippen LogP contribution in [0.15, 0.2) is 16.8 Å². The van der Waals surface area contributed by atoms with E-state index in [1.807, 2.05) is 6.08 Å². The van der Waals surface area contributed by atoms with Crippen molar-refractivity contribution in [3.63, 3.8) is 0 Å². The summed E-state index contributed by atoms with van der Waals surface area (Å²) in [6, 6.07) is -0.583. The number of hydrazone groups is 1. The third kappa shape index (κ3) is 2.46. The summed E-state index contributed by atoms with van der Waals surface area (Å²) in [4.78, 5) is 22.9. The molecule has 136 valence electrons. The van der Waals surface area contributed by atoms with E-state index in [2.05, 4.69) is 24.4 Å². The molecule has 4 aliphatic carbocycles.